The van der Waals surface area contributed by atoms with Gasteiger partial charge >= 0.3 is 0 Å². The van der Waals surface area contributed by atoms with Crippen LogP contribution in [0.25, 0.3) is 11.3 Å². The monoisotopic (exact) mass is 474 g/mol. The van der Waals surface area contributed by atoms with Crippen LogP contribution in [-0.4, -0.2) is 41.3 Å². The summed E-state index contributed by atoms with van der Waals surface area (Å²) in [6.45, 7) is 7.37. The van der Waals surface area contributed by atoms with Gasteiger partial charge in [-0.1, -0.05) is 6.07 Å². The average molecular weight is 475 g/mol. The molecule has 1 unspecified atom stereocenters. The topological polar surface area (TPSA) is 93.5 Å². The fraction of sp³-hybridized carbons (Fsp3) is 0.333. The Morgan fingerprint density at radius 2 is 1.83 bits per heavy atom. The summed E-state index contributed by atoms with van der Waals surface area (Å²) in [6.07, 6.45) is 0.171. The number of rotatable bonds is 8. The van der Waals surface area contributed by atoms with Crippen LogP contribution in [0.5, 0.6) is 5.75 Å². The van der Waals surface area contributed by atoms with Gasteiger partial charge in [0.05, 0.1) is 24.8 Å². The van der Waals surface area contributed by atoms with Gasteiger partial charge in [-0.05, 0) is 74.4 Å². The highest BCUT2D eigenvalue weighted by molar-refractivity contribution is 6.00. The minimum Gasteiger partial charge on any atom is -0.494 e. The number of ether oxygens (including phenoxy) is 1. The maximum absolute atomic E-state index is 12.7. The van der Waals surface area contributed by atoms with E-state index in [0.717, 1.165) is 28.1 Å². The van der Waals surface area contributed by atoms with Crippen molar-refractivity contribution in [2.45, 2.75) is 33.7 Å². The highest BCUT2D eigenvalue weighted by Gasteiger charge is 2.35. The van der Waals surface area contributed by atoms with E-state index in [1.54, 1.807) is 11.0 Å². The van der Waals surface area contributed by atoms with Crippen LogP contribution in [0, 0.1) is 19.8 Å². The molecule has 4 rings (SSSR count). The third-order valence-corrected chi connectivity index (χ3v) is 6.25. The second kappa shape index (κ2) is 10.5. The second-order valence-electron chi connectivity index (χ2n) is 8.70. The lowest BCUT2D eigenvalue weighted by molar-refractivity contribution is -0.126. The first-order chi connectivity index (χ1) is 16.9. The third-order valence-electron chi connectivity index (χ3n) is 6.25. The van der Waals surface area contributed by atoms with Crippen LogP contribution in [0.4, 0.5) is 5.69 Å². The molecule has 1 N–H and O–H groups in total. The molecular weight excluding hydrogens is 444 g/mol. The molecule has 0 radical (unpaired) electrons. The van der Waals surface area contributed by atoms with Gasteiger partial charge in [-0.2, -0.15) is 5.10 Å². The van der Waals surface area contributed by atoms with Crippen molar-refractivity contribution >= 4 is 17.5 Å². The number of aromatic nitrogens is 2. The third kappa shape index (κ3) is 5.59. The molecule has 0 spiro atoms. The van der Waals surface area contributed by atoms with E-state index in [9.17, 15) is 14.4 Å². The summed E-state index contributed by atoms with van der Waals surface area (Å²) >= 11 is 0. The van der Waals surface area contributed by atoms with E-state index in [4.69, 9.17) is 4.74 Å². The Morgan fingerprint density at radius 1 is 1.06 bits per heavy atom. The summed E-state index contributed by atoms with van der Waals surface area (Å²) in [5.74, 6) is 0.0903. The molecule has 8 heteroatoms. The predicted molar refractivity (Wildman–Crippen MR) is 134 cm³/mol. The van der Waals surface area contributed by atoms with Gasteiger partial charge in [0.15, 0.2) is 0 Å². The van der Waals surface area contributed by atoms with Crippen LogP contribution in [0.3, 0.4) is 0 Å². The molecule has 1 fully saturated rings. The van der Waals surface area contributed by atoms with Crippen LogP contribution >= 0.6 is 0 Å². The zero-order valence-corrected chi connectivity index (χ0v) is 20.3. The van der Waals surface area contributed by atoms with Gasteiger partial charge in [-0.3, -0.25) is 14.4 Å². The van der Waals surface area contributed by atoms with Crippen molar-refractivity contribution in [1.29, 1.82) is 0 Å². The van der Waals surface area contributed by atoms with Crippen LogP contribution in [0.15, 0.2) is 59.4 Å². The summed E-state index contributed by atoms with van der Waals surface area (Å²) in [5, 5.41) is 7.30. The normalized spacial score (nSPS) is 15.3. The molecule has 1 saturated heterocycles. The Kier molecular flexibility index (Phi) is 7.29. The molecule has 1 aromatic heterocycles. The van der Waals surface area contributed by atoms with Gasteiger partial charge in [-0.15, -0.1) is 0 Å². The van der Waals surface area contributed by atoms with E-state index in [1.165, 1.54) is 10.7 Å². The van der Waals surface area contributed by atoms with Crippen molar-refractivity contribution in [3.63, 3.8) is 0 Å². The fourth-order valence-corrected chi connectivity index (χ4v) is 4.11. The van der Waals surface area contributed by atoms with Gasteiger partial charge in [-0.25, -0.2) is 4.68 Å². The van der Waals surface area contributed by atoms with E-state index < -0.39 is 5.92 Å². The summed E-state index contributed by atoms with van der Waals surface area (Å²) in [5.41, 5.74) is 4.35. The van der Waals surface area contributed by atoms with Crippen LogP contribution in [0.1, 0.15) is 24.5 Å². The first-order valence-corrected chi connectivity index (χ1v) is 11.8. The largest absolute Gasteiger partial charge is 0.494 e. The molecule has 2 heterocycles. The second-order valence-corrected chi connectivity index (χ2v) is 8.70. The van der Waals surface area contributed by atoms with Gasteiger partial charge in [0.25, 0.3) is 5.56 Å². The summed E-state index contributed by atoms with van der Waals surface area (Å²) < 4.78 is 6.81. The van der Waals surface area contributed by atoms with Crippen molar-refractivity contribution in [2.75, 3.05) is 24.6 Å². The van der Waals surface area contributed by atoms with Crippen molar-refractivity contribution < 1.29 is 14.3 Å². The molecule has 2 amide bonds. The quantitative estimate of drug-likeness (QED) is 0.542. The summed E-state index contributed by atoms with van der Waals surface area (Å²) in [4.78, 5) is 39.2. The molecular formula is C27H30N4O4. The van der Waals surface area contributed by atoms with Crippen molar-refractivity contribution in [2.24, 2.45) is 5.92 Å². The molecule has 3 aromatic rings. The van der Waals surface area contributed by atoms with Crippen molar-refractivity contribution in [3.05, 3.63) is 76.1 Å². The molecule has 0 aliphatic carbocycles. The number of amides is 2. The van der Waals surface area contributed by atoms with Crippen LogP contribution in [-0.2, 0) is 16.1 Å². The van der Waals surface area contributed by atoms with E-state index in [-0.39, 0.29) is 36.9 Å². The molecule has 8 nitrogen and oxygen atoms in total. The van der Waals surface area contributed by atoms with Crippen LogP contribution < -0.4 is 20.5 Å². The molecule has 1 aliphatic rings. The number of hydrogen-bond acceptors (Lipinski definition) is 5. The predicted octanol–water partition coefficient (Wildman–Crippen LogP) is 3.10. The standard InChI is InChI=1S/C27H30N4O4/c1-4-35-23-9-6-20(7-10-23)24-11-12-25(32)31(29-24)14-13-28-27(34)21-16-26(33)30(17-21)22-8-5-18(2)19(3)15-22/h5-12,15,21H,4,13-14,16-17H2,1-3H3,(H,28,34). The van der Waals surface area contributed by atoms with E-state index in [1.807, 2.05) is 63.2 Å². The number of nitrogens with one attached hydrogen (secondary N) is 1. The van der Waals surface area contributed by atoms with Crippen LogP contribution in [0.2, 0.25) is 0 Å². The van der Waals surface area contributed by atoms with Gasteiger partial charge in [0.1, 0.15) is 5.75 Å². The maximum atomic E-state index is 12.7. The fourth-order valence-electron chi connectivity index (χ4n) is 4.11. The Labute approximate surface area is 204 Å². The number of hydrogen-bond donors (Lipinski definition) is 1. The Hall–Kier alpha value is -3.94. The Bertz CT molecular complexity index is 1280. The maximum Gasteiger partial charge on any atom is 0.266 e. The molecule has 0 bridgehead atoms. The smallest absolute Gasteiger partial charge is 0.266 e. The van der Waals surface area contributed by atoms with Gasteiger partial charge in [0.2, 0.25) is 11.8 Å². The van der Waals surface area contributed by atoms with E-state index in [0.29, 0.717) is 18.8 Å². The molecule has 1 atom stereocenters. The number of carbonyl (C=O) groups is 2. The zero-order valence-electron chi connectivity index (χ0n) is 20.3. The van der Waals surface area contributed by atoms with E-state index in [2.05, 4.69) is 10.4 Å². The molecule has 182 valence electrons. The first-order valence-electron chi connectivity index (χ1n) is 11.8. The van der Waals surface area contributed by atoms with Crippen molar-refractivity contribution in [1.82, 2.24) is 15.1 Å². The zero-order chi connectivity index (χ0) is 24.9. The molecule has 0 saturated carbocycles. The number of benzene rings is 2. The first kappa shape index (κ1) is 24.2. The average Bonchev–Trinajstić information content (AvgIpc) is 3.24. The van der Waals surface area contributed by atoms with E-state index >= 15 is 0 Å². The molecule has 2 aromatic carbocycles. The minimum absolute atomic E-state index is 0.0608. The van der Waals surface area contributed by atoms with Crippen molar-refractivity contribution in [3.8, 4) is 17.0 Å². The lowest BCUT2D eigenvalue weighted by atomic mass is 10.1. The highest BCUT2D eigenvalue weighted by Crippen LogP contribution is 2.27. The number of anilines is 1. The SMILES string of the molecule is CCOc1ccc(-c2ccc(=O)n(CCNC(=O)C3CC(=O)N(c4ccc(C)c(C)c4)C3)n2)cc1. The summed E-state index contributed by atoms with van der Waals surface area (Å²) in [7, 11) is 0. The number of aryl methyl sites for hydroxylation is 2. The Balaban J connectivity index is 1.35. The highest BCUT2D eigenvalue weighted by atomic mass is 16.5. The van der Waals surface area contributed by atoms with Gasteiger partial charge in [0, 0.05) is 36.8 Å². The molecule has 35 heavy (non-hydrogen) atoms. The lowest BCUT2D eigenvalue weighted by Crippen LogP contribution is -2.36. The minimum atomic E-state index is -0.427. The number of carbonyl (C=O) groups excluding carboxylic acids is 2. The number of nitrogens with zero attached hydrogens (tertiary/aromatic N) is 3. The summed E-state index contributed by atoms with van der Waals surface area (Å²) in [6, 6.07) is 16.5. The van der Waals surface area contributed by atoms with Gasteiger partial charge < -0.3 is 15.0 Å². The Morgan fingerprint density at radius 3 is 2.54 bits per heavy atom. The molecule has 1 aliphatic heterocycles. The lowest BCUT2D eigenvalue weighted by Gasteiger charge is -2.18.